The predicted molar refractivity (Wildman–Crippen MR) is 87.0 cm³/mol. The van der Waals surface area contributed by atoms with Crippen molar-refractivity contribution in [3.63, 3.8) is 0 Å². The largest absolute Gasteiger partial charge is 0.480 e. The number of aromatic nitrogens is 5. The molecular formula is C14H12ClN5O2S. The normalized spacial score (nSPS) is 12.4. The fourth-order valence-electron chi connectivity index (χ4n) is 2.04. The number of halogens is 1. The third-order valence-electron chi connectivity index (χ3n) is 3.16. The molecule has 1 aromatic carbocycles. The van der Waals surface area contributed by atoms with Crippen LogP contribution in [0.25, 0.3) is 16.9 Å². The Morgan fingerprint density at radius 1 is 1.43 bits per heavy atom. The van der Waals surface area contributed by atoms with Crippen LogP contribution < -0.4 is 0 Å². The fraction of sp³-hybridized carbons (Fsp3) is 0.214. The number of nitrogens with zero attached hydrogens (tertiary/aromatic N) is 5. The van der Waals surface area contributed by atoms with Gasteiger partial charge in [-0.15, -0.1) is 5.10 Å². The van der Waals surface area contributed by atoms with Crippen molar-refractivity contribution in [1.29, 1.82) is 0 Å². The molecule has 2 aromatic heterocycles. The summed E-state index contributed by atoms with van der Waals surface area (Å²) in [5.74, 6) is -0.883. The van der Waals surface area contributed by atoms with Crippen LogP contribution in [-0.2, 0) is 4.79 Å². The third-order valence-corrected chi connectivity index (χ3v) is 4.73. The lowest BCUT2D eigenvalue weighted by Gasteiger charge is -2.08. The molecule has 0 radical (unpaired) electrons. The molecular weight excluding hydrogens is 338 g/mol. The van der Waals surface area contributed by atoms with Gasteiger partial charge in [-0.25, -0.2) is 9.97 Å². The SMILES string of the molecule is CC[C@@H](Sc1ncnc2c1nnn2-c1cccc(Cl)c1)C(=O)O. The highest BCUT2D eigenvalue weighted by Gasteiger charge is 2.21. The summed E-state index contributed by atoms with van der Waals surface area (Å²) in [5.41, 5.74) is 1.70. The van der Waals surface area contributed by atoms with Crippen molar-refractivity contribution in [3.05, 3.63) is 35.6 Å². The van der Waals surface area contributed by atoms with Crippen LogP contribution in [0.3, 0.4) is 0 Å². The average Bonchev–Trinajstić information content (AvgIpc) is 2.97. The van der Waals surface area contributed by atoms with E-state index < -0.39 is 11.2 Å². The maximum absolute atomic E-state index is 11.2. The molecule has 0 spiro atoms. The molecule has 2 heterocycles. The maximum Gasteiger partial charge on any atom is 0.317 e. The van der Waals surface area contributed by atoms with Gasteiger partial charge in [0.15, 0.2) is 11.2 Å². The van der Waals surface area contributed by atoms with Crippen LogP contribution in [0, 0.1) is 0 Å². The minimum Gasteiger partial charge on any atom is -0.480 e. The van der Waals surface area contributed by atoms with Gasteiger partial charge in [0.1, 0.15) is 16.6 Å². The Morgan fingerprint density at radius 2 is 2.26 bits per heavy atom. The second-order valence-corrected chi connectivity index (χ2v) is 6.31. The minimum atomic E-state index is -0.883. The molecule has 1 atom stereocenters. The summed E-state index contributed by atoms with van der Waals surface area (Å²) in [4.78, 5) is 19.6. The fourth-order valence-corrected chi connectivity index (χ4v) is 3.11. The highest BCUT2D eigenvalue weighted by molar-refractivity contribution is 8.00. The first-order chi connectivity index (χ1) is 11.1. The molecule has 0 amide bonds. The molecule has 0 aliphatic carbocycles. The van der Waals surface area contributed by atoms with Gasteiger partial charge >= 0.3 is 5.97 Å². The number of carbonyl (C=O) groups is 1. The Balaban J connectivity index is 2.05. The van der Waals surface area contributed by atoms with Crippen molar-refractivity contribution in [2.75, 3.05) is 0 Å². The molecule has 0 unspecified atom stereocenters. The van der Waals surface area contributed by atoms with Gasteiger partial charge < -0.3 is 5.11 Å². The molecule has 3 rings (SSSR count). The second-order valence-electron chi connectivity index (χ2n) is 4.69. The molecule has 0 fully saturated rings. The van der Waals surface area contributed by atoms with E-state index in [9.17, 15) is 9.90 Å². The summed E-state index contributed by atoms with van der Waals surface area (Å²) in [6.45, 7) is 1.81. The standard InChI is InChI=1S/C14H12ClN5O2S/c1-2-10(14(21)22)23-13-11-12(16-7-17-13)20(19-18-11)9-5-3-4-8(15)6-9/h3-7,10H,2H2,1H3,(H,21,22)/t10-/m1/s1. The predicted octanol–water partition coefficient (Wildman–Crippen LogP) is 2.82. The number of rotatable bonds is 5. The Labute approximate surface area is 140 Å². The Hall–Kier alpha value is -2.19. The van der Waals surface area contributed by atoms with Gasteiger partial charge in [-0.2, -0.15) is 4.68 Å². The molecule has 7 nitrogen and oxygen atoms in total. The van der Waals surface area contributed by atoms with Crippen molar-refractivity contribution in [2.24, 2.45) is 0 Å². The van der Waals surface area contributed by atoms with Gasteiger partial charge in [-0.3, -0.25) is 4.79 Å². The first kappa shape index (κ1) is 15.7. The first-order valence-corrected chi connectivity index (χ1v) is 8.07. The third kappa shape index (κ3) is 3.13. The van der Waals surface area contributed by atoms with E-state index in [1.165, 1.54) is 6.33 Å². The smallest absolute Gasteiger partial charge is 0.317 e. The lowest BCUT2D eigenvalue weighted by molar-refractivity contribution is -0.136. The van der Waals surface area contributed by atoms with Gasteiger partial charge in [-0.1, -0.05) is 41.6 Å². The van der Waals surface area contributed by atoms with E-state index in [4.69, 9.17) is 11.6 Å². The first-order valence-electron chi connectivity index (χ1n) is 6.82. The van der Waals surface area contributed by atoms with Crippen molar-refractivity contribution >= 4 is 40.5 Å². The van der Waals surface area contributed by atoms with E-state index in [-0.39, 0.29) is 0 Å². The zero-order valence-corrected chi connectivity index (χ0v) is 13.6. The Morgan fingerprint density at radius 3 is 2.96 bits per heavy atom. The molecule has 9 heteroatoms. The molecule has 0 bridgehead atoms. The molecule has 23 heavy (non-hydrogen) atoms. The minimum absolute atomic E-state index is 0.470. The number of hydrogen-bond donors (Lipinski definition) is 1. The lowest BCUT2D eigenvalue weighted by Crippen LogP contribution is -2.15. The van der Waals surface area contributed by atoms with Crippen molar-refractivity contribution in [1.82, 2.24) is 25.0 Å². The Kier molecular flexibility index (Phi) is 4.44. The van der Waals surface area contributed by atoms with Crippen molar-refractivity contribution < 1.29 is 9.90 Å². The quantitative estimate of drug-likeness (QED) is 0.559. The molecule has 0 saturated carbocycles. The van der Waals surface area contributed by atoms with E-state index in [1.807, 2.05) is 13.0 Å². The summed E-state index contributed by atoms with van der Waals surface area (Å²) in [6, 6.07) is 7.15. The van der Waals surface area contributed by atoms with Crippen LogP contribution in [0.5, 0.6) is 0 Å². The molecule has 0 saturated heterocycles. The summed E-state index contributed by atoms with van der Waals surface area (Å²) in [6.07, 6.45) is 1.86. The monoisotopic (exact) mass is 349 g/mol. The van der Waals surface area contributed by atoms with Gasteiger partial charge in [0, 0.05) is 5.02 Å². The summed E-state index contributed by atoms with van der Waals surface area (Å²) in [5, 5.41) is 17.9. The van der Waals surface area contributed by atoms with E-state index >= 15 is 0 Å². The molecule has 0 aliphatic rings. The van der Waals surface area contributed by atoms with Gasteiger partial charge in [0.25, 0.3) is 0 Å². The zero-order chi connectivity index (χ0) is 16.4. The topological polar surface area (TPSA) is 93.8 Å². The lowest BCUT2D eigenvalue weighted by atomic mass is 10.3. The second kappa shape index (κ2) is 6.51. The number of thioether (sulfide) groups is 1. The molecule has 0 aliphatic heterocycles. The van der Waals surface area contributed by atoms with Crippen LogP contribution >= 0.6 is 23.4 Å². The summed E-state index contributed by atoms with van der Waals surface area (Å²) >= 11 is 7.15. The maximum atomic E-state index is 11.2. The van der Waals surface area contributed by atoms with Crippen molar-refractivity contribution in [3.8, 4) is 5.69 Å². The number of aliphatic carboxylic acids is 1. The zero-order valence-electron chi connectivity index (χ0n) is 12.0. The Bertz CT molecular complexity index is 869. The van der Waals surface area contributed by atoms with Crippen LogP contribution in [0.2, 0.25) is 5.02 Å². The summed E-state index contributed by atoms with van der Waals surface area (Å²) < 4.78 is 1.55. The number of fused-ring (bicyclic) bond motifs is 1. The number of benzene rings is 1. The number of carboxylic acid groups (broad SMARTS) is 1. The van der Waals surface area contributed by atoms with Crippen LogP contribution in [-0.4, -0.2) is 41.3 Å². The average molecular weight is 350 g/mol. The van der Waals surface area contributed by atoms with Gasteiger partial charge in [-0.05, 0) is 24.6 Å². The highest BCUT2D eigenvalue weighted by atomic mass is 35.5. The van der Waals surface area contributed by atoms with Gasteiger partial charge in [0.05, 0.1) is 5.69 Å². The van der Waals surface area contributed by atoms with Crippen LogP contribution in [0.4, 0.5) is 0 Å². The summed E-state index contributed by atoms with van der Waals surface area (Å²) in [7, 11) is 0. The van der Waals surface area contributed by atoms with E-state index in [2.05, 4.69) is 20.3 Å². The van der Waals surface area contributed by atoms with E-state index in [1.54, 1.807) is 22.9 Å². The number of carboxylic acids is 1. The van der Waals surface area contributed by atoms with Gasteiger partial charge in [0.2, 0.25) is 0 Å². The molecule has 3 aromatic rings. The number of hydrogen-bond acceptors (Lipinski definition) is 6. The van der Waals surface area contributed by atoms with Crippen LogP contribution in [0.1, 0.15) is 13.3 Å². The van der Waals surface area contributed by atoms with E-state index in [0.29, 0.717) is 27.6 Å². The van der Waals surface area contributed by atoms with Crippen LogP contribution in [0.15, 0.2) is 35.6 Å². The molecule has 1 N–H and O–H groups in total. The highest BCUT2D eigenvalue weighted by Crippen LogP contribution is 2.29. The van der Waals surface area contributed by atoms with E-state index in [0.717, 1.165) is 17.4 Å². The van der Waals surface area contributed by atoms with Crippen molar-refractivity contribution in [2.45, 2.75) is 23.6 Å². The molecule has 118 valence electrons.